The molecule has 0 amide bonds. The van der Waals surface area contributed by atoms with E-state index in [1.807, 2.05) is 0 Å². The van der Waals surface area contributed by atoms with Gasteiger partial charge in [0.15, 0.2) is 0 Å². The highest BCUT2D eigenvalue weighted by Crippen LogP contribution is 2.68. The van der Waals surface area contributed by atoms with Crippen molar-refractivity contribution in [1.29, 1.82) is 0 Å². The van der Waals surface area contributed by atoms with Gasteiger partial charge in [-0.1, -0.05) is 128 Å². The van der Waals surface area contributed by atoms with E-state index >= 15 is 0 Å². The standard InChI is InChI=1S/C50H82O5/c1-5-6-7-8-9-10-11-12-13-14-15-16-17-18-19-20-21-22-23-24-25-26-27-28-48(54)55-41-35-36-49(3)40(37-41)30-31-42-44-33-32-43(39(2)29-34-47(52)53)50(44,4)46(51)38-45(42)49/h6-7,9-10,12-13,15-16,39-46,51H,5,8,11,14,17-38H2,1-4H3,(H,52,53)/b7-6-,10-9-,13-12-,16-15-. The van der Waals surface area contributed by atoms with Crippen molar-refractivity contribution < 1.29 is 24.5 Å². The second-order valence-electron chi connectivity index (χ2n) is 18.8. The van der Waals surface area contributed by atoms with Gasteiger partial charge in [0, 0.05) is 12.8 Å². The fourth-order valence-electron chi connectivity index (χ4n) is 12.1. The Kier molecular flexibility index (Phi) is 19.8. The van der Waals surface area contributed by atoms with Gasteiger partial charge in [-0.3, -0.25) is 9.59 Å². The third-order valence-electron chi connectivity index (χ3n) is 15.3. The zero-order valence-corrected chi connectivity index (χ0v) is 35.7. The smallest absolute Gasteiger partial charge is 0.306 e. The number of ether oxygens (including phenoxy) is 1. The molecule has 0 aromatic heterocycles. The first-order valence-electron chi connectivity index (χ1n) is 23.3. The summed E-state index contributed by atoms with van der Waals surface area (Å²) in [5, 5.41) is 21.1. The van der Waals surface area contributed by atoms with Gasteiger partial charge in [-0.25, -0.2) is 0 Å². The second-order valence-corrected chi connectivity index (χ2v) is 18.8. The minimum Gasteiger partial charge on any atom is -0.481 e. The van der Waals surface area contributed by atoms with Crippen molar-refractivity contribution in [2.75, 3.05) is 0 Å². The zero-order chi connectivity index (χ0) is 39.5. The van der Waals surface area contributed by atoms with Crippen molar-refractivity contribution in [3.05, 3.63) is 48.6 Å². The summed E-state index contributed by atoms with van der Waals surface area (Å²) in [6.45, 7) is 9.23. The van der Waals surface area contributed by atoms with E-state index in [9.17, 15) is 19.8 Å². The van der Waals surface area contributed by atoms with E-state index < -0.39 is 5.97 Å². The van der Waals surface area contributed by atoms with Crippen LogP contribution in [0.4, 0.5) is 0 Å². The molecule has 0 aliphatic heterocycles. The Bertz CT molecular complexity index is 1250. The number of esters is 1. The molecule has 10 unspecified atom stereocenters. The minimum absolute atomic E-state index is 0.00503. The summed E-state index contributed by atoms with van der Waals surface area (Å²) in [6.07, 6.45) is 46.0. The lowest BCUT2D eigenvalue weighted by Gasteiger charge is -2.62. The Labute approximate surface area is 337 Å². The number of aliphatic carboxylic acids is 1. The highest BCUT2D eigenvalue weighted by Gasteiger charge is 2.63. The molecule has 4 aliphatic rings. The van der Waals surface area contributed by atoms with Crippen LogP contribution in [0.15, 0.2) is 48.6 Å². The van der Waals surface area contributed by atoms with Gasteiger partial charge in [-0.15, -0.1) is 0 Å². The molecule has 0 spiro atoms. The number of allylic oxidation sites excluding steroid dienone is 8. The van der Waals surface area contributed by atoms with Gasteiger partial charge in [-0.05, 0) is 149 Å². The Morgan fingerprint density at radius 2 is 1.31 bits per heavy atom. The molecule has 10 atom stereocenters. The molecule has 4 fully saturated rings. The van der Waals surface area contributed by atoms with E-state index in [0.717, 1.165) is 70.6 Å². The van der Waals surface area contributed by atoms with Gasteiger partial charge < -0.3 is 14.9 Å². The number of carboxylic acids is 1. The first kappa shape index (κ1) is 45.6. The maximum Gasteiger partial charge on any atom is 0.306 e. The molecule has 5 nitrogen and oxygen atoms in total. The topological polar surface area (TPSA) is 83.8 Å². The Balaban J connectivity index is 1.01. The highest BCUT2D eigenvalue weighted by atomic mass is 16.5. The predicted octanol–water partition coefficient (Wildman–Crippen LogP) is 13.5. The van der Waals surface area contributed by atoms with E-state index in [4.69, 9.17) is 4.74 Å². The Morgan fingerprint density at radius 3 is 1.95 bits per heavy atom. The molecule has 0 bridgehead atoms. The second kappa shape index (κ2) is 23.9. The van der Waals surface area contributed by atoms with Gasteiger partial charge in [0.2, 0.25) is 0 Å². The summed E-state index contributed by atoms with van der Waals surface area (Å²) in [5.41, 5.74) is 0.106. The van der Waals surface area contributed by atoms with Crippen LogP contribution < -0.4 is 0 Å². The van der Waals surface area contributed by atoms with Crippen LogP contribution in [0.1, 0.15) is 195 Å². The molecule has 0 aromatic rings. The molecule has 0 radical (unpaired) electrons. The first-order chi connectivity index (χ1) is 26.6. The quantitative estimate of drug-likeness (QED) is 0.0550. The Hall–Kier alpha value is -2.14. The number of unbranched alkanes of at least 4 members (excludes halogenated alkanes) is 10. The third kappa shape index (κ3) is 13.5. The number of hydrogen-bond acceptors (Lipinski definition) is 4. The number of carboxylic acid groups (broad SMARTS) is 1. The number of carbonyl (C=O) groups excluding carboxylic acids is 1. The van der Waals surface area contributed by atoms with E-state index in [0.29, 0.717) is 48.3 Å². The molecule has 0 heterocycles. The van der Waals surface area contributed by atoms with Crippen molar-refractivity contribution in [3.8, 4) is 0 Å². The molecule has 0 aromatic carbocycles. The number of fused-ring (bicyclic) bond motifs is 5. The van der Waals surface area contributed by atoms with E-state index in [2.05, 4.69) is 76.3 Å². The number of aliphatic hydroxyl groups is 1. The maximum absolute atomic E-state index is 12.9. The van der Waals surface area contributed by atoms with Crippen molar-refractivity contribution in [2.24, 2.45) is 46.3 Å². The lowest BCUT2D eigenvalue weighted by atomic mass is 9.43. The van der Waals surface area contributed by atoms with Gasteiger partial charge >= 0.3 is 11.9 Å². The van der Waals surface area contributed by atoms with Crippen LogP contribution in [0.25, 0.3) is 0 Å². The lowest BCUT2D eigenvalue weighted by molar-refractivity contribution is -0.181. The largest absolute Gasteiger partial charge is 0.481 e. The number of rotatable bonds is 25. The van der Waals surface area contributed by atoms with Gasteiger partial charge in [-0.2, -0.15) is 0 Å². The summed E-state index contributed by atoms with van der Waals surface area (Å²) in [4.78, 5) is 24.2. The average Bonchev–Trinajstić information content (AvgIpc) is 3.53. The monoisotopic (exact) mass is 763 g/mol. The van der Waals surface area contributed by atoms with Gasteiger partial charge in [0.25, 0.3) is 0 Å². The highest BCUT2D eigenvalue weighted by molar-refractivity contribution is 5.69. The summed E-state index contributed by atoms with van der Waals surface area (Å²) in [6, 6.07) is 0. The van der Waals surface area contributed by atoms with Crippen LogP contribution in [0.5, 0.6) is 0 Å². The number of aliphatic hydroxyl groups excluding tert-OH is 1. The van der Waals surface area contributed by atoms with Crippen LogP contribution in [-0.2, 0) is 14.3 Å². The van der Waals surface area contributed by atoms with Gasteiger partial charge in [0.1, 0.15) is 6.10 Å². The molecular weight excluding hydrogens is 681 g/mol. The molecule has 5 heteroatoms. The SMILES string of the molecule is CC/C=C\C/C=C\C/C=C\C/C=C\CCCCCCCCCCCCC(=O)OC1CCC2(C)C(CCC3C2CC(O)C2(C)C(C(C)CCC(=O)O)CCC32)C1. The number of carbonyl (C=O) groups is 2. The van der Waals surface area contributed by atoms with Crippen molar-refractivity contribution in [1.82, 2.24) is 0 Å². The average molecular weight is 763 g/mol. The molecule has 0 saturated heterocycles. The van der Waals surface area contributed by atoms with Crippen molar-refractivity contribution >= 4 is 11.9 Å². The van der Waals surface area contributed by atoms with Crippen LogP contribution in [0.2, 0.25) is 0 Å². The summed E-state index contributed by atoms with van der Waals surface area (Å²) >= 11 is 0. The van der Waals surface area contributed by atoms with E-state index in [1.165, 1.54) is 77.0 Å². The predicted molar refractivity (Wildman–Crippen MR) is 229 cm³/mol. The van der Waals surface area contributed by atoms with E-state index in [1.54, 1.807) is 0 Å². The Morgan fingerprint density at radius 1 is 0.709 bits per heavy atom. The fraction of sp³-hybridized carbons (Fsp3) is 0.800. The fourth-order valence-corrected chi connectivity index (χ4v) is 12.1. The van der Waals surface area contributed by atoms with E-state index in [-0.39, 0.29) is 35.4 Å². The van der Waals surface area contributed by atoms with Crippen LogP contribution >= 0.6 is 0 Å². The molecule has 4 saturated carbocycles. The third-order valence-corrected chi connectivity index (χ3v) is 15.3. The van der Waals surface area contributed by atoms with Crippen LogP contribution in [-0.4, -0.2) is 34.4 Å². The molecule has 312 valence electrons. The van der Waals surface area contributed by atoms with Gasteiger partial charge in [0.05, 0.1) is 6.10 Å². The number of hydrogen-bond donors (Lipinski definition) is 2. The van der Waals surface area contributed by atoms with Crippen molar-refractivity contribution in [2.45, 2.75) is 207 Å². The van der Waals surface area contributed by atoms with Crippen LogP contribution in [0, 0.1) is 46.3 Å². The summed E-state index contributed by atoms with van der Waals surface area (Å²) in [5.74, 6) is 2.30. The normalized spacial score (nSPS) is 32.6. The zero-order valence-electron chi connectivity index (χ0n) is 35.7. The minimum atomic E-state index is -0.712. The molecular formula is C50H82O5. The van der Waals surface area contributed by atoms with Crippen LogP contribution in [0.3, 0.4) is 0 Å². The maximum atomic E-state index is 12.9. The lowest BCUT2D eigenvalue weighted by Crippen LogP contribution is -2.59. The first-order valence-corrected chi connectivity index (χ1v) is 23.3. The molecule has 4 aliphatic carbocycles. The van der Waals surface area contributed by atoms with Crippen molar-refractivity contribution in [3.63, 3.8) is 0 Å². The summed E-state index contributed by atoms with van der Waals surface area (Å²) < 4.78 is 6.12. The molecule has 2 N–H and O–H groups in total. The summed E-state index contributed by atoms with van der Waals surface area (Å²) in [7, 11) is 0. The molecule has 55 heavy (non-hydrogen) atoms. The molecule has 4 rings (SSSR count).